The molecule has 0 radical (unpaired) electrons. The van der Waals surface area contributed by atoms with Gasteiger partial charge in [-0.25, -0.2) is 0 Å². The monoisotopic (exact) mass is 430 g/mol. The average molecular weight is 431 g/mol. The fourth-order valence-corrected chi connectivity index (χ4v) is 6.24. The van der Waals surface area contributed by atoms with E-state index in [1.807, 2.05) is 6.07 Å². The largest absolute Gasteiger partial charge is 0.493 e. The number of hydrogen-bond acceptors (Lipinski definition) is 6. The molecule has 31 heavy (non-hydrogen) atoms. The molecule has 2 atom stereocenters. The van der Waals surface area contributed by atoms with Crippen LogP contribution in [0.3, 0.4) is 0 Å². The smallest absolute Gasteiger partial charge is 0.313 e. The van der Waals surface area contributed by atoms with Crippen LogP contribution in [-0.2, 0) is 16.1 Å². The molecular formula is C25H38N2O4. The molecule has 0 aromatic heterocycles. The van der Waals surface area contributed by atoms with Crippen molar-refractivity contribution < 1.29 is 19.0 Å². The molecule has 3 aliphatic rings. The highest BCUT2D eigenvalue weighted by Crippen LogP contribution is 2.63. The highest BCUT2D eigenvalue weighted by Gasteiger charge is 2.67. The summed E-state index contributed by atoms with van der Waals surface area (Å²) in [5.41, 5.74) is 1.03. The molecule has 4 rings (SSSR count). The summed E-state index contributed by atoms with van der Waals surface area (Å²) in [5, 5.41) is 0. The lowest BCUT2D eigenvalue weighted by molar-refractivity contribution is -0.174. The number of carbonyl (C=O) groups is 1. The first-order valence-corrected chi connectivity index (χ1v) is 11.7. The molecule has 1 aromatic carbocycles. The van der Waals surface area contributed by atoms with Gasteiger partial charge in [-0.3, -0.25) is 14.6 Å². The summed E-state index contributed by atoms with van der Waals surface area (Å²) in [4.78, 5) is 17.4. The lowest BCUT2D eigenvalue weighted by Crippen LogP contribution is -2.57. The maximum Gasteiger partial charge on any atom is 0.313 e. The number of benzene rings is 1. The second-order valence-electron chi connectivity index (χ2n) is 10.3. The zero-order valence-corrected chi connectivity index (χ0v) is 19.6. The second-order valence-corrected chi connectivity index (χ2v) is 10.3. The molecule has 3 fully saturated rings. The Labute approximate surface area is 186 Å². The van der Waals surface area contributed by atoms with Crippen molar-refractivity contribution in [1.82, 2.24) is 9.80 Å². The number of hydrogen-bond donors (Lipinski definition) is 0. The molecule has 172 valence electrons. The van der Waals surface area contributed by atoms with Crippen molar-refractivity contribution in [3.63, 3.8) is 0 Å². The maximum atomic E-state index is 12.6. The number of esters is 1. The Morgan fingerprint density at radius 2 is 1.87 bits per heavy atom. The van der Waals surface area contributed by atoms with Gasteiger partial charge in [-0.15, -0.1) is 0 Å². The molecule has 1 aliphatic carbocycles. The van der Waals surface area contributed by atoms with Gasteiger partial charge in [0.15, 0.2) is 11.5 Å². The van der Waals surface area contributed by atoms with Crippen LogP contribution in [0.1, 0.15) is 45.1 Å². The van der Waals surface area contributed by atoms with Gasteiger partial charge < -0.3 is 14.2 Å². The molecule has 0 spiro atoms. The molecule has 6 heteroatoms. The van der Waals surface area contributed by atoms with Gasteiger partial charge in [-0.1, -0.05) is 26.3 Å². The Balaban J connectivity index is 1.36. The summed E-state index contributed by atoms with van der Waals surface area (Å²) >= 11 is 0. The molecule has 0 unspecified atom stereocenters. The molecule has 2 aliphatic heterocycles. The topological polar surface area (TPSA) is 51.2 Å². The normalized spacial score (nSPS) is 27.9. The van der Waals surface area contributed by atoms with Crippen LogP contribution in [0.15, 0.2) is 18.2 Å². The van der Waals surface area contributed by atoms with Gasteiger partial charge in [0.25, 0.3) is 0 Å². The minimum atomic E-state index is -0.333. The third kappa shape index (κ3) is 4.42. The second kappa shape index (κ2) is 8.99. The van der Waals surface area contributed by atoms with E-state index in [9.17, 15) is 4.79 Å². The van der Waals surface area contributed by atoms with Crippen LogP contribution in [0.2, 0.25) is 0 Å². The van der Waals surface area contributed by atoms with Crippen molar-refractivity contribution in [1.29, 1.82) is 0 Å². The van der Waals surface area contributed by atoms with Crippen LogP contribution in [0.25, 0.3) is 0 Å². The molecular weight excluding hydrogens is 392 g/mol. The van der Waals surface area contributed by atoms with Gasteiger partial charge >= 0.3 is 5.97 Å². The summed E-state index contributed by atoms with van der Waals surface area (Å²) in [6, 6.07) is 6.22. The van der Waals surface area contributed by atoms with Crippen molar-refractivity contribution in [3.8, 4) is 11.5 Å². The minimum absolute atomic E-state index is 0.0469. The van der Waals surface area contributed by atoms with Crippen molar-refractivity contribution >= 4 is 5.97 Å². The van der Waals surface area contributed by atoms with Crippen molar-refractivity contribution in [3.05, 3.63) is 23.8 Å². The van der Waals surface area contributed by atoms with Gasteiger partial charge in [0.05, 0.1) is 19.6 Å². The first-order chi connectivity index (χ1) is 14.9. The van der Waals surface area contributed by atoms with Gasteiger partial charge in [0.1, 0.15) is 6.61 Å². The van der Waals surface area contributed by atoms with E-state index in [2.05, 4.69) is 35.8 Å². The SMILES string of the molecule is COC(=O)[C@@]12CN(Cc3ccc(OCCN4CCCCC4)c(OC)c3)C[C@@H]1C(C)(C)C2. The third-order valence-corrected chi connectivity index (χ3v) is 7.67. The molecule has 6 nitrogen and oxygen atoms in total. The number of methoxy groups -OCH3 is 2. The Hall–Kier alpha value is -1.79. The van der Waals surface area contributed by atoms with E-state index in [1.165, 1.54) is 45.0 Å². The fraction of sp³-hybridized carbons (Fsp3) is 0.720. The van der Waals surface area contributed by atoms with E-state index in [0.717, 1.165) is 44.1 Å². The van der Waals surface area contributed by atoms with E-state index in [1.54, 1.807) is 7.11 Å². The summed E-state index contributed by atoms with van der Waals surface area (Å²) < 4.78 is 16.9. The van der Waals surface area contributed by atoms with Crippen LogP contribution < -0.4 is 9.47 Å². The van der Waals surface area contributed by atoms with Crippen LogP contribution in [-0.4, -0.2) is 69.3 Å². The summed E-state index contributed by atoms with van der Waals surface area (Å²) in [6.07, 6.45) is 4.84. The van der Waals surface area contributed by atoms with E-state index >= 15 is 0 Å². The predicted molar refractivity (Wildman–Crippen MR) is 120 cm³/mol. The molecule has 0 amide bonds. The van der Waals surface area contributed by atoms with E-state index < -0.39 is 0 Å². The number of likely N-dealkylation sites (tertiary alicyclic amines) is 2. The highest BCUT2D eigenvalue weighted by atomic mass is 16.5. The fourth-order valence-electron chi connectivity index (χ4n) is 6.24. The zero-order chi connectivity index (χ0) is 22.1. The molecule has 2 saturated heterocycles. The molecule has 1 aromatic rings. The highest BCUT2D eigenvalue weighted by molar-refractivity contribution is 5.80. The van der Waals surface area contributed by atoms with Crippen molar-refractivity contribution in [2.24, 2.45) is 16.7 Å². The van der Waals surface area contributed by atoms with Gasteiger partial charge in [-0.2, -0.15) is 0 Å². The Bertz CT molecular complexity index is 790. The van der Waals surface area contributed by atoms with Crippen LogP contribution in [0.5, 0.6) is 11.5 Å². The molecule has 0 N–H and O–H groups in total. The summed E-state index contributed by atoms with van der Waals surface area (Å²) in [7, 11) is 3.21. The average Bonchev–Trinajstić information content (AvgIpc) is 3.09. The van der Waals surface area contributed by atoms with Crippen LogP contribution in [0, 0.1) is 16.7 Å². The lowest BCUT2D eigenvalue weighted by Gasteiger charge is -2.54. The van der Waals surface area contributed by atoms with E-state index in [0.29, 0.717) is 12.5 Å². The van der Waals surface area contributed by atoms with E-state index in [4.69, 9.17) is 14.2 Å². The Morgan fingerprint density at radius 3 is 2.55 bits per heavy atom. The number of ether oxygens (including phenoxy) is 3. The van der Waals surface area contributed by atoms with Crippen molar-refractivity contribution in [2.45, 2.75) is 46.1 Å². The van der Waals surface area contributed by atoms with Gasteiger partial charge in [0.2, 0.25) is 0 Å². The van der Waals surface area contributed by atoms with Crippen LogP contribution >= 0.6 is 0 Å². The number of nitrogens with zero attached hydrogens (tertiary/aromatic N) is 2. The number of rotatable bonds is 8. The molecule has 2 heterocycles. The molecule has 0 bridgehead atoms. The zero-order valence-electron chi connectivity index (χ0n) is 19.6. The predicted octanol–water partition coefficient (Wildman–Crippen LogP) is 3.58. The first kappa shape index (κ1) is 22.4. The van der Waals surface area contributed by atoms with E-state index in [-0.39, 0.29) is 16.8 Å². The minimum Gasteiger partial charge on any atom is -0.493 e. The quantitative estimate of drug-likeness (QED) is 0.588. The van der Waals surface area contributed by atoms with Crippen molar-refractivity contribution in [2.75, 3.05) is 53.6 Å². The standard InChI is InChI=1S/C25H38N2O4/c1-24(2)17-25(23(28)30-4)18-27(16-22(24)25)15-19-8-9-20(21(14-19)29-3)31-13-12-26-10-6-5-7-11-26/h8-9,14,22H,5-7,10-13,15-18H2,1-4H3/t22-,25+/m1/s1. The Morgan fingerprint density at radius 1 is 1.10 bits per heavy atom. The third-order valence-electron chi connectivity index (χ3n) is 7.67. The summed E-state index contributed by atoms with van der Waals surface area (Å²) in [5.74, 6) is 1.89. The van der Waals surface area contributed by atoms with Gasteiger partial charge in [-0.05, 0) is 61.4 Å². The Kier molecular flexibility index (Phi) is 6.50. The lowest BCUT2D eigenvalue weighted by atomic mass is 9.48. The number of fused-ring (bicyclic) bond motifs is 1. The van der Waals surface area contributed by atoms with Crippen LogP contribution in [0.4, 0.5) is 0 Å². The maximum absolute atomic E-state index is 12.6. The molecule has 1 saturated carbocycles. The summed E-state index contributed by atoms with van der Waals surface area (Å²) in [6.45, 7) is 11.0. The number of piperidine rings is 1. The first-order valence-electron chi connectivity index (χ1n) is 11.7. The van der Waals surface area contributed by atoms with Gasteiger partial charge in [0, 0.05) is 26.2 Å². The number of carbonyl (C=O) groups excluding carboxylic acids is 1.